The molecule has 0 aromatic carbocycles. The molecule has 0 bridgehead atoms. The molecule has 0 radical (unpaired) electrons. The van der Waals surface area contributed by atoms with Crippen LogP contribution in [0.2, 0.25) is 0 Å². The van der Waals surface area contributed by atoms with Crippen molar-refractivity contribution >= 4 is 0 Å². The standard InChI is InChI=1S/C10H22O2.H3N/c1-4-9(7-8-11)10(12,5-2)6-3;/h9,11-12H,4-8H2,1-3H3;1H3. The Labute approximate surface area is 81.7 Å². The first-order chi connectivity index (χ1) is 5.64. The van der Waals surface area contributed by atoms with Crippen LogP contribution in [0, 0.1) is 5.92 Å². The molecule has 0 saturated heterocycles. The summed E-state index contributed by atoms with van der Waals surface area (Å²) in [5.41, 5.74) is -0.558. The summed E-state index contributed by atoms with van der Waals surface area (Å²) in [6.07, 6.45) is 3.22. The molecule has 0 saturated carbocycles. The molecule has 0 aromatic heterocycles. The minimum atomic E-state index is -0.558. The smallest absolute Gasteiger partial charge is 0.0671 e. The summed E-state index contributed by atoms with van der Waals surface area (Å²) < 4.78 is 0. The first kappa shape index (κ1) is 15.4. The summed E-state index contributed by atoms with van der Waals surface area (Å²) >= 11 is 0. The fourth-order valence-electron chi connectivity index (χ4n) is 1.84. The Bertz CT molecular complexity index is 113. The van der Waals surface area contributed by atoms with Crippen molar-refractivity contribution in [2.75, 3.05) is 6.61 Å². The molecule has 0 aliphatic heterocycles. The average molecular weight is 191 g/mol. The SMILES string of the molecule is CCC(CCO)C(O)(CC)CC.N. The normalized spacial score (nSPS) is 13.6. The van der Waals surface area contributed by atoms with Crippen molar-refractivity contribution in [2.45, 2.75) is 52.1 Å². The van der Waals surface area contributed by atoms with E-state index in [-0.39, 0.29) is 18.7 Å². The van der Waals surface area contributed by atoms with Crippen molar-refractivity contribution in [1.82, 2.24) is 6.15 Å². The summed E-state index contributed by atoms with van der Waals surface area (Å²) in [5.74, 6) is 0.248. The van der Waals surface area contributed by atoms with Gasteiger partial charge in [-0.1, -0.05) is 27.2 Å². The Kier molecular flexibility index (Phi) is 8.62. The molecule has 5 N–H and O–H groups in total. The van der Waals surface area contributed by atoms with Crippen molar-refractivity contribution in [1.29, 1.82) is 0 Å². The summed E-state index contributed by atoms with van der Waals surface area (Å²) in [4.78, 5) is 0. The van der Waals surface area contributed by atoms with E-state index < -0.39 is 5.60 Å². The van der Waals surface area contributed by atoms with Gasteiger partial charge in [0.1, 0.15) is 0 Å². The molecule has 13 heavy (non-hydrogen) atoms. The van der Waals surface area contributed by atoms with Crippen molar-refractivity contribution in [2.24, 2.45) is 5.92 Å². The Morgan fingerprint density at radius 2 is 1.62 bits per heavy atom. The molecule has 0 aromatic rings. The Hall–Kier alpha value is -0.120. The van der Waals surface area contributed by atoms with Crippen LogP contribution < -0.4 is 6.15 Å². The highest BCUT2D eigenvalue weighted by molar-refractivity contribution is 4.82. The van der Waals surface area contributed by atoms with Crippen LogP contribution in [0.3, 0.4) is 0 Å². The molecule has 82 valence electrons. The van der Waals surface area contributed by atoms with Gasteiger partial charge in [0.25, 0.3) is 0 Å². The molecule has 1 atom stereocenters. The van der Waals surface area contributed by atoms with Crippen LogP contribution in [0.25, 0.3) is 0 Å². The van der Waals surface area contributed by atoms with Crippen molar-refractivity contribution in [3.63, 3.8) is 0 Å². The van der Waals surface area contributed by atoms with E-state index in [2.05, 4.69) is 6.92 Å². The predicted molar refractivity (Wildman–Crippen MR) is 56.0 cm³/mol. The number of hydrogen-bond acceptors (Lipinski definition) is 3. The molecule has 1 unspecified atom stereocenters. The van der Waals surface area contributed by atoms with E-state index in [1.165, 1.54) is 0 Å². The third kappa shape index (κ3) is 4.07. The lowest BCUT2D eigenvalue weighted by Gasteiger charge is -2.33. The molecule has 0 amide bonds. The lowest BCUT2D eigenvalue weighted by Crippen LogP contribution is -2.36. The maximum atomic E-state index is 10.1. The van der Waals surface area contributed by atoms with Gasteiger partial charge in [-0.15, -0.1) is 0 Å². The average Bonchev–Trinajstić information content (AvgIpc) is 2.13. The third-order valence-corrected chi connectivity index (χ3v) is 2.95. The second kappa shape index (κ2) is 7.30. The highest BCUT2D eigenvalue weighted by Gasteiger charge is 2.31. The lowest BCUT2D eigenvalue weighted by molar-refractivity contribution is -0.0356. The molecular formula is C10H25NO2. The van der Waals surface area contributed by atoms with Crippen molar-refractivity contribution < 1.29 is 10.2 Å². The predicted octanol–water partition coefficient (Wildman–Crippen LogP) is 2.11. The topological polar surface area (TPSA) is 75.5 Å². The molecule has 0 heterocycles. The van der Waals surface area contributed by atoms with Gasteiger partial charge in [0.15, 0.2) is 0 Å². The summed E-state index contributed by atoms with van der Waals surface area (Å²) in [7, 11) is 0. The van der Waals surface area contributed by atoms with Crippen LogP contribution in [0.5, 0.6) is 0 Å². The van der Waals surface area contributed by atoms with E-state index in [1.807, 2.05) is 13.8 Å². The van der Waals surface area contributed by atoms with Crippen LogP contribution in [0.1, 0.15) is 46.5 Å². The zero-order valence-corrected chi connectivity index (χ0v) is 9.21. The van der Waals surface area contributed by atoms with Gasteiger partial charge >= 0.3 is 0 Å². The number of aliphatic hydroxyl groups excluding tert-OH is 1. The Morgan fingerprint density at radius 3 is 1.85 bits per heavy atom. The zero-order chi connectivity index (χ0) is 9.61. The fourth-order valence-corrected chi connectivity index (χ4v) is 1.84. The van der Waals surface area contributed by atoms with Crippen molar-refractivity contribution in [3.8, 4) is 0 Å². The summed E-state index contributed by atoms with van der Waals surface area (Å²) in [6, 6.07) is 0. The largest absolute Gasteiger partial charge is 0.396 e. The van der Waals surface area contributed by atoms with Crippen LogP contribution in [0.4, 0.5) is 0 Å². The zero-order valence-electron chi connectivity index (χ0n) is 9.21. The van der Waals surface area contributed by atoms with Gasteiger partial charge in [-0.2, -0.15) is 0 Å². The first-order valence-corrected chi connectivity index (χ1v) is 4.97. The van der Waals surface area contributed by atoms with E-state index in [0.29, 0.717) is 6.42 Å². The maximum absolute atomic E-state index is 10.1. The van der Waals surface area contributed by atoms with Gasteiger partial charge in [-0.25, -0.2) is 0 Å². The van der Waals surface area contributed by atoms with E-state index in [0.717, 1.165) is 19.3 Å². The molecule has 3 heteroatoms. The van der Waals surface area contributed by atoms with Crippen LogP contribution in [-0.2, 0) is 0 Å². The number of aliphatic hydroxyl groups is 2. The highest BCUT2D eigenvalue weighted by Crippen LogP contribution is 2.29. The molecule has 3 nitrogen and oxygen atoms in total. The second-order valence-corrected chi connectivity index (χ2v) is 3.43. The van der Waals surface area contributed by atoms with Crippen LogP contribution in [0.15, 0.2) is 0 Å². The monoisotopic (exact) mass is 191 g/mol. The number of rotatable bonds is 6. The minimum absolute atomic E-state index is 0. The van der Waals surface area contributed by atoms with E-state index >= 15 is 0 Å². The van der Waals surface area contributed by atoms with Gasteiger partial charge in [0, 0.05) is 6.61 Å². The molecule has 0 aliphatic carbocycles. The highest BCUT2D eigenvalue weighted by atomic mass is 16.3. The number of hydrogen-bond donors (Lipinski definition) is 3. The minimum Gasteiger partial charge on any atom is -0.396 e. The molecule has 0 fully saturated rings. The van der Waals surface area contributed by atoms with E-state index in [4.69, 9.17) is 5.11 Å². The summed E-state index contributed by atoms with van der Waals surface area (Å²) in [5, 5.41) is 18.9. The maximum Gasteiger partial charge on any atom is 0.0671 e. The quantitative estimate of drug-likeness (QED) is 0.602. The fraction of sp³-hybridized carbons (Fsp3) is 1.00. The lowest BCUT2D eigenvalue weighted by atomic mass is 9.79. The summed E-state index contributed by atoms with van der Waals surface area (Å²) in [6.45, 7) is 6.25. The van der Waals surface area contributed by atoms with Gasteiger partial charge in [0.2, 0.25) is 0 Å². The van der Waals surface area contributed by atoms with Crippen LogP contribution >= 0.6 is 0 Å². The van der Waals surface area contributed by atoms with E-state index in [9.17, 15) is 5.11 Å². The molecule has 0 rings (SSSR count). The first-order valence-electron chi connectivity index (χ1n) is 4.97. The van der Waals surface area contributed by atoms with Gasteiger partial charge < -0.3 is 16.4 Å². The molecule has 0 spiro atoms. The van der Waals surface area contributed by atoms with Gasteiger partial charge in [-0.05, 0) is 25.2 Å². The van der Waals surface area contributed by atoms with Gasteiger partial charge in [0.05, 0.1) is 5.60 Å². The van der Waals surface area contributed by atoms with Crippen LogP contribution in [-0.4, -0.2) is 22.4 Å². The van der Waals surface area contributed by atoms with Crippen molar-refractivity contribution in [3.05, 3.63) is 0 Å². The Balaban J connectivity index is 0. The third-order valence-electron chi connectivity index (χ3n) is 2.95. The second-order valence-electron chi connectivity index (χ2n) is 3.43. The Morgan fingerprint density at radius 1 is 1.15 bits per heavy atom. The van der Waals surface area contributed by atoms with Gasteiger partial charge in [-0.3, -0.25) is 0 Å². The molecular weight excluding hydrogens is 166 g/mol. The van der Waals surface area contributed by atoms with E-state index in [1.54, 1.807) is 0 Å². The molecule has 0 aliphatic rings.